The molecule has 0 aliphatic carbocycles. The van der Waals surface area contributed by atoms with Crippen molar-refractivity contribution in [3.05, 3.63) is 35.4 Å². The average molecular weight is 447 g/mol. The minimum absolute atomic E-state index is 0.165. The van der Waals surface area contributed by atoms with Gasteiger partial charge in [0.1, 0.15) is 0 Å². The Bertz CT molecular complexity index is 606. The molecule has 0 fully saturated rings. The van der Waals surface area contributed by atoms with Crippen molar-refractivity contribution in [3.8, 4) is 0 Å². The van der Waals surface area contributed by atoms with Crippen LogP contribution in [0, 0.1) is 0 Å². The van der Waals surface area contributed by atoms with E-state index in [1.807, 2.05) is 13.8 Å². The fourth-order valence-corrected chi connectivity index (χ4v) is 3.75. The zero-order valence-corrected chi connectivity index (χ0v) is 20.8. The Balaban J connectivity index is 1.96. The third-order valence-corrected chi connectivity index (χ3v) is 5.68. The molecule has 182 valence electrons. The second-order valence-corrected chi connectivity index (χ2v) is 9.12. The van der Waals surface area contributed by atoms with Crippen LogP contribution in [0.25, 0.3) is 0 Å². The Kier molecular flexibility index (Phi) is 16.5. The molecule has 0 atom stereocenters. The van der Waals surface area contributed by atoms with Crippen molar-refractivity contribution in [2.75, 3.05) is 6.61 Å². The molecule has 32 heavy (non-hydrogen) atoms. The van der Waals surface area contributed by atoms with Crippen LogP contribution in [0.1, 0.15) is 138 Å². The van der Waals surface area contributed by atoms with Crippen LogP contribution in [0.5, 0.6) is 0 Å². The third-order valence-electron chi connectivity index (χ3n) is 5.68. The van der Waals surface area contributed by atoms with E-state index in [4.69, 9.17) is 9.47 Å². The highest BCUT2D eigenvalue weighted by Gasteiger charge is 2.11. The molecule has 1 rings (SSSR count). The first-order valence-electron chi connectivity index (χ1n) is 13.0. The van der Waals surface area contributed by atoms with E-state index in [0.29, 0.717) is 17.7 Å². The summed E-state index contributed by atoms with van der Waals surface area (Å²) in [5.74, 6) is -0.711. The SMILES string of the molecule is CCCCCCCCCCCCCCCCCOC(=O)c1ccc(C(=O)OC(C)C)cc1. The van der Waals surface area contributed by atoms with Crippen LogP contribution in [0.15, 0.2) is 24.3 Å². The quantitative estimate of drug-likeness (QED) is 0.158. The van der Waals surface area contributed by atoms with E-state index in [9.17, 15) is 9.59 Å². The molecule has 0 aliphatic heterocycles. The number of hydrogen-bond acceptors (Lipinski definition) is 4. The van der Waals surface area contributed by atoms with Gasteiger partial charge in [0, 0.05) is 0 Å². The van der Waals surface area contributed by atoms with E-state index >= 15 is 0 Å². The lowest BCUT2D eigenvalue weighted by Crippen LogP contribution is -2.12. The Morgan fingerprint density at radius 1 is 0.625 bits per heavy atom. The van der Waals surface area contributed by atoms with Gasteiger partial charge in [-0.25, -0.2) is 9.59 Å². The van der Waals surface area contributed by atoms with Crippen LogP contribution >= 0.6 is 0 Å². The van der Waals surface area contributed by atoms with Gasteiger partial charge in [-0.05, 0) is 44.5 Å². The first kappa shape index (κ1) is 28.2. The summed E-state index contributed by atoms with van der Waals surface area (Å²) in [5, 5.41) is 0. The second kappa shape index (κ2) is 18.7. The van der Waals surface area contributed by atoms with E-state index in [2.05, 4.69) is 6.92 Å². The zero-order valence-electron chi connectivity index (χ0n) is 20.8. The maximum Gasteiger partial charge on any atom is 0.338 e. The van der Waals surface area contributed by atoms with Crippen molar-refractivity contribution in [1.82, 2.24) is 0 Å². The summed E-state index contributed by atoms with van der Waals surface area (Å²) in [5.41, 5.74) is 0.907. The molecule has 4 nitrogen and oxygen atoms in total. The van der Waals surface area contributed by atoms with Crippen molar-refractivity contribution >= 4 is 11.9 Å². The maximum absolute atomic E-state index is 12.1. The molecule has 0 amide bonds. The van der Waals surface area contributed by atoms with Gasteiger partial charge in [0.15, 0.2) is 0 Å². The fourth-order valence-electron chi connectivity index (χ4n) is 3.75. The molecule has 0 unspecified atom stereocenters. The van der Waals surface area contributed by atoms with E-state index < -0.39 is 0 Å². The summed E-state index contributed by atoms with van der Waals surface area (Å²) >= 11 is 0. The highest BCUT2D eigenvalue weighted by molar-refractivity contribution is 5.93. The molecule has 0 saturated carbocycles. The Hall–Kier alpha value is -1.84. The van der Waals surface area contributed by atoms with Crippen molar-refractivity contribution in [3.63, 3.8) is 0 Å². The first-order chi connectivity index (χ1) is 15.5. The summed E-state index contributed by atoms with van der Waals surface area (Å²) in [7, 11) is 0. The number of carbonyl (C=O) groups excluding carboxylic acids is 2. The van der Waals surface area contributed by atoms with Crippen LogP contribution in [0.4, 0.5) is 0 Å². The maximum atomic E-state index is 12.1. The molecule has 0 radical (unpaired) electrons. The largest absolute Gasteiger partial charge is 0.462 e. The van der Waals surface area contributed by atoms with E-state index in [-0.39, 0.29) is 18.0 Å². The highest BCUT2D eigenvalue weighted by atomic mass is 16.5. The number of esters is 2. The Labute approximate surface area is 196 Å². The van der Waals surface area contributed by atoms with Gasteiger partial charge in [-0.3, -0.25) is 0 Å². The van der Waals surface area contributed by atoms with Gasteiger partial charge in [0.2, 0.25) is 0 Å². The van der Waals surface area contributed by atoms with Crippen LogP contribution in [0.2, 0.25) is 0 Å². The normalized spacial score (nSPS) is 11.0. The van der Waals surface area contributed by atoms with E-state index in [0.717, 1.165) is 12.8 Å². The summed E-state index contributed by atoms with van der Waals surface area (Å²) < 4.78 is 10.5. The molecule has 0 aromatic heterocycles. The molecule has 0 saturated heterocycles. The number of hydrogen-bond donors (Lipinski definition) is 0. The summed E-state index contributed by atoms with van der Waals surface area (Å²) in [6.07, 6.45) is 19.6. The molecule has 1 aromatic rings. The monoisotopic (exact) mass is 446 g/mol. The Morgan fingerprint density at radius 2 is 1.00 bits per heavy atom. The average Bonchev–Trinajstić information content (AvgIpc) is 2.78. The lowest BCUT2D eigenvalue weighted by atomic mass is 10.0. The third kappa shape index (κ3) is 14.3. The van der Waals surface area contributed by atoms with Gasteiger partial charge in [-0.2, -0.15) is 0 Å². The molecule has 0 heterocycles. The van der Waals surface area contributed by atoms with Gasteiger partial charge in [0.25, 0.3) is 0 Å². The van der Waals surface area contributed by atoms with Gasteiger partial charge in [-0.1, -0.05) is 96.8 Å². The lowest BCUT2D eigenvalue weighted by Gasteiger charge is -2.08. The lowest BCUT2D eigenvalue weighted by molar-refractivity contribution is 0.0376. The van der Waals surface area contributed by atoms with Gasteiger partial charge in [0.05, 0.1) is 23.8 Å². The van der Waals surface area contributed by atoms with Crippen molar-refractivity contribution in [2.24, 2.45) is 0 Å². The number of unbranched alkanes of at least 4 members (excludes halogenated alkanes) is 14. The highest BCUT2D eigenvalue weighted by Crippen LogP contribution is 2.14. The van der Waals surface area contributed by atoms with Crippen molar-refractivity contribution in [1.29, 1.82) is 0 Å². The summed E-state index contributed by atoms with van der Waals surface area (Å²) in [6.45, 7) is 6.34. The minimum Gasteiger partial charge on any atom is -0.462 e. The number of ether oxygens (including phenoxy) is 2. The topological polar surface area (TPSA) is 52.6 Å². The van der Waals surface area contributed by atoms with Crippen LogP contribution in [0.3, 0.4) is 0 Å². The fraction of sp³-hybridized carbons (Fsp3) is 0.714. The molecule has 4 heteroatoms. The van der Waals surface area contributed by atoms with Gasteiger partial charge in [-0.15, -0.1) is 0 Å². The molecule has 0 N–H and O–H groups in total. The first-order valence-corrected chi connectivity index (χ1v) is 13.0. The molecule has 0 spiro atoms. The summed E-state index contributed by atoms with van der Waals surface area (Å²) in [6, 6.07) is 6.45. The van der Waals surface area contributed by atoms with E-state index in [1.165, 1.54) is 83.5 Å². The predicted molar refractivity (Wildman–Crippen MR) is 132 cm³/mol. The zero-order chi connectivity index (χ0) is 23.4. The number of rotatable bonds is 19. The van der Waals surface area contributed by atoms with Crippen molar-refractivity contribution < 1.29 is 19.1 Å². The van der Waals surface area contributed by atoms with Crippen LogP contribution in [-0.2, 0) is 9.47 Å². The number of benzene rings is 1. The molecule has 1 aromatic carbocycles. The predicted octanol–water partition coefficient (Wildman–Crippen LogP) is 8.28. The van der Waals surface area contributed by atoms with Crippen molar-refractivity contribution in [2.45, 2.75) is 123 Å². The standard InChI is InChI=1S/C28H46O4/c1-4-5-6-7-8-9-10-11-12-13-14-15-16-17-18-23-31-27(29)25-19-21-26(22-20-25)28(30)32-24(2)3/h19-22,24H,4-18,23H2,1-3H3. The van der Waals surface area contributed by atoms with E-state index in [1.54, 1.807) is 24.3 Å². The molecule has 0 bridgehead atoms. The molecular formula is C28H46O4. The number of carbonyl (C=O) groups is 2. The van der Waals surface area contributed by atoms with Crippen LogP contribution < -0.4 is 0 Å². The van der Waals surface area contributed by atoms with Gasteiger partial charge >= 0.3 is 11.9 Å². The second-order valence-electron chi connectivity index (χ2n) is 9.12. The Morgan fingerprint density at radius 3 is 1.41 bits per heavy atom. The molecular weight excluding hydrogens is 400 g/mol. The van der Waals surface area contributed by atoms with Crippen LogP contribution in [-0.4, -0.2) is 24.6 Å². The smallest absolute Gasteiger partial charge is 0.338 e. The van der Waals surface area contributed by atoms with Gasteiger partial charge < -0.3 is 9.47 Å². The molecule has 0 aliphatic rings. The minimum atomic E-state index is -0.377. The summed E-state index contributed by atoms with van der Waals surface area (Å²) in [4.78, 5) is 23.9.